The molecule has 0 bridgehead atoms. The zero-order chi connectivity index (χ0) is 17.9. The van der Waals surface area contributed by atoms with E-state index in [0.717, 1.165) is 11.6 Å². The molecule has 7 heteroatoms. The predicted octanol–water partition coefficient (Wildman–Crippen LogP) is 1.28. The Balaban J connectivity index is 3.14. The summed E-state index contributed by atoms with van der Waals surface area (Å²) in [5.41, 5.74) is 0.766. The van der Waals surface area contributed by atoms with Crippen LogP contribution in [-0.4, -0.2) is 50.2 Å². The lowest BCUT2D eigenvalue weighted by molar-refractivity contribution is -0.145. The van der Waals surface area contributed by atoms with Gasteiger partial charge in [-0.15, -0.1) is 0 Å². The van der Waals surface area contributed by atoms with E-state index in [1.54, 1.807) is 6.92 Å². The van der Waals surface area contributed by atoms with Gasteiger partial charge in [-0.3, -0.25) is 4.79 Å². The van der Waals surface area contributed by atoms with Crippen LogP contribution in [0.2, 0.25) is 0 Å². The topological polar surface area (TPSA) is 82.1 Å². The Morgan fingerprint density at radius 3 is 2.29 bits per heavy atom. The third kappa shape index (κ3) is 6.12. The van der Waals surface area contributed by atoms with Crippen LogP contribution in [-0.2, 0) is 35.1 Å². The molecular formula is C17H21NO6. The minimum Gasteiger partial charge on any atom is -0.466 e. The second-order valence-corrected chi connectivity index (χ2v) is 4.69. The highest BCUT2D eigenvalue weighted by Gasteiger charge is 2.23. The van der Waals surface area contributed by atoms with E-state index in [2.05, 4.69) is 4.74 Å². The Hall–Kier alpha value is -2.83. The number of ether oxygens (including phenoxy) is 3. The van der Waals surface area contributed by atoms with Crippen molar-refractivity contribution >= 4 is 17.9 Å². The summed E-state index contributed by atoms with van der Waals surface area (Å²) in [5, 5.41) is 0. The summed E-state index contributed by atoms with van der Waals surface area (Å²) in [6.07, 6.45) is 0.994. The van der Waals surface area contributed by atoms with Crippen LogP contribution in [0.15, 0.2) is 42.1 Å². The van der Waals surface area contributed by atoms with Crippen LogP contribution in [0.5, 0.6) is 0 Å². The molecule has 0 aliphatic rings. The summed E-state index contributed by atoms with van der Waals surface area (Å²) in [5.74, 6) is -1.99. The van der Waals surface area contributed by atoms with Crippen LogP contribution in [0.3, 0.4) is 0 Å². The number of hydrogen-bond acceptors (Lipinski definition) is 7. The third-order valence-corrected chi connectivity index (χ3v) is 3.03. The molecule has 0 radical (unpaired) electrons. The van der Waals surface area contributed by atoms with Gasteiger partial charge in [0.25, 0.3) is 0 Å². The van der Waals surface area contributed by atoms with Gasteiger partial charge in [0.1, 0.15) is 12.2 Å². The fourth-order valence-corrected chi connectivity index (χ4v) is 1.95. The average molecular weight is 335 g/mol. The molecule has 0 N–H and O–H groups in total. The quantitative estimate of drug-likeness (QED) is 0.402. The van der Waals surface area contributed by atoms with Gasteiger partial charge in [-0.1, -0.05) is 30.3 Å². The van der Waals surface area contributed by atoms with Crippen molar-refractivity contribution in [1.29, 1.82) is 0 Å². The molecule has 0 heterocycles. The molecular weight excluding hydrogens is 314 g/mol. The first kappa shape index (κ1) is 19.2. The largest absolute Gasteiger partial charge is 0.466 e. The van der Waals surface area contributed by atoms with Gasteiger partial charge >= 0.3 is 17.9 Å². The maximum atomic E-state index is 12.0. The van der Waals surface area contributed by atoms with Gasteiger partial charge in [0, 0.05) is 6.54 Å². The Bertz CT molecular complexity index is 596. The van der Waals surface area contributed by atoms with Crippen LogP contribution in [0.1, 0.15) is 12.5 Å². The second kappa shape index (κ2) is 10.0. The number of carbonyl (C=O) groups is 3. The first-order chi connectivity index (χ1) is 11.5. The van der Waals surface area contributed by atoms with Crippen molar-refractivity contribution < 1.29 is 28.6 Å². The van der Waals surface area contributed by atoms with Gasteiger partial charge in [-0.05, 0) is 12.5 Å². The zero-order valence-electron chi connectivity index (χ0n) is 14.0. The molecule has 7 nitrogen and oxygen atoms in total. The van der Waals surface area contributed by atoms with Crippen LogP contribution in [0, 0.1) is 0 Å². The first-order valence-electron chi connectivity index (χ1n) is 7.34. The Morgan fingerprint density at radius 2 is 1.75 bits per heavy atom. The first-order valence-corrected chi connectivity index (χ1v) is 7.34. The van der Waals surface area contributed by atoms with Gasteiger partial charge in [0.2, 0.25) is 0 Å². The highest BCUT2D eigenvalue weighted by Crippen LogP contribution is 2.13. The predicted molar refractivity (Wildman–Crippen MR) is 85.6 cm³/mol. The number of hydrogen-bond donors (Lipinski definition) is 0. The summed E-state index contributed by atoms with van der Waals surface area (Å²) in [4.78, 5) is 36.9. The number of nitrogens with zero attached hydrogens (tertiary/aromatic N) is 1. The SMILES string of the molecule is CCOC(=O)CN(Cc1ccccc1)/C(=C/C(=O)OC)C(=O)OC. The molecule has 0 unspecified atom stereocenters. The zero-order valence-corrected chi connectivity index (χ0v) is 14.0. The number of esters is 3. The molecule has 24 heavy (non-hydrogen) atoms. The molecule has 1 rings (SSSR count). The van der Waals surface area contributed by atoms with E-state index in [9.17, 15) is 14.4 Å². The molecule has 0 saturated carbocycles. The standard InChI is InChI=1S/C17H21NO6/c1-4-24-16(20)12-18(11-13-8-6-5-7-9-13)14(17(21)23-3)10-15(19)22-2/h5-10H,4,11-12H2,1-3H3/b14-10+. The Morgan fingerprint density at radius 1 is 1.08 bits per heavy atom. The molecule has 0 aliphatic heterocycles. The van der Waals surface area contributed by atoms with Crippen LogP contribution >= 0.6 is 0 Å². The lowest BCUT2D eigenvalue weighted by atomic mass is 10.2. The van der Waals surface area contributed by atoms with Crippen molar-refractivity contribution in [2.75, 3.05) is 27.4 Å². The summed E-state index contributed by atoms with van der Waals surface area (Å²) in [6.45, 7) is 1.91. The maximum Gasteiger partial charge on any atom is 0.354 e. The molecule has 0 spiro atoms. The van der Waals surface area contributed by atoms with E-state index in [-0.39, 0.29) is 25.4 Å². The van der Waals surface area contributed by atoms with E-state index in [1.807, 2.05) is 30.3 Å². The maximum absolute atomic E-state index is 12.0. The highest BCUT2D eigenvalue weighted by atomic mass is 16.5. The molecule has 0 saturated heterocycles. The minimum absolute atomic E-state index is 0.0822. The van der Waals surface area contributed by atoms with Gasteiger partial charge in [0.15, 0.2) is 0 Å². The van der Waals surface area contributed by atoms with E-state index < -0.39 is 17.9 Å². The van der Waals surface area contributed by atoms with E-state index in [0.29, 0.717) is 0 Å². The normalized spacial score (nSPS) is 10.7. The summed E-state index contributed by atoms with van der Waals surface area (Å²) in [7, 11) is 2.39. The number of benzene rings is 1. The van der Waals surface area contributed by atoms with E-state index in [4.69, 9.17) is 9.47 Å². The number of rotatable bonds is 8. The number of methoxy groups -OCH3 is 2. The molecule has 0 atom stereocenters. The fraction of sp³-hybridized carbons (Fsp3) is 0.353. The summed E-state index contributed by atoms with van der Waals surface area (Å²) >= 11 is 0. The monoisotopic (exact) mass is 335 g/mol. The third-order valence-electron chi connectivity index (χ3n) is 3.03. The van der Waals surface area contributed by atoms with Crippen molar-refractivity contribution in [1.82, 2.24) is 4.90 Å². The van der Waals surface area contributed by atoms with Crippen LogP contribution < -0.4 is 0 Å². The second-order valence-electron chi connectivity index (χ2n) is 4.69. The fourth-order valence-electron chi connectivity index (χ4n) is 1.95. The molecule has 0 aliphatic carbocycles. The molecule has 0 fully saturated rings. The highest BCUT2D eigenvalue weighted by molar-refractivity contribution is 5.96. The Kier molecular flexibility index (Phi) is 8.04. The van der Waals surface area contributed by atoms with Crippen molar-refractivity contribution in [3.05, 3.63) is 47.7 Å². The molecule has 0 aromatic heterocycles. The van der Waals surface area contributed by atoms with Crippen molar-refractivity contribution in [3.8, 4) is 0 Å². The van der Waals surface area contributed by atoms with Crippen molar-refractivity contribution in [2.45, 2.75) is 13.5 Å². The smallest absolute Gasteiger partial charge is 0.354 e. The lowest BCUT2D eigenvalue weighted by Crippen LogP contribution is -2.34. The van der Waals surface area contributed by atoms with Gasteiger partial charge < -0.3 is 19.1 Å². The molecule has 1 aromatic carbocycles. The summed E-state index contributed by atoms with van der Waals surface area (Å²) in [6, 6.07) is 9.19. The minimum atomic E-state index is -0.749. The van der Waals surface area contributed by atoms with Crippen molar-refractivity contribution in [2.24, 2.45) is 0 Å². The van der Waals surface area contributed by atoms with Crippen LogP contribution in [0.4, 0.5) is 0 Å². The molecule has 0 amide bonds. The van der Waals surface area contributed by atoms with Gasteiger partial charge in [-0.25, -0.2) is 9.59 Å². The molecule has 130 valence electrons. The van der Waals surface area contributed by atoms with Crippen LogP contribution in [0.25, 0.3) is 0 Å². The van der Waals surface area contributed by atoms with Gasteiger partial charge in [0.05, 0.1) is 26.9 Å². The lowest BCUT2D eigenvalue weighted by Gasteiger charge is -2.24. The number of carbonyl (C=O) groups excluding carboxylic acids is 3. The van der Waals surface area contributed by atoms with E-state index >= 15 is 0 Å². The van der Waals surface area contributed by atoms with E-state index in [1.165, 1.54) is 19.1 Å². The van der Waals surface area contributed by atoms with Gasteiger partial charge in [-0.2, -0.15) is 0 Å². The average Bonchev–Trinajstić information content (AvgIpc) is 2.59. The molecule has 1 aromatic rings. The Labute approximate surface area is 140 Å². The summed E-state index contributed by atoms with van der Waals surface area (Å²) < 4.78 is 14.2. The van der Waals surface area contributed by atoms with Crippen molar-refractivity contribution in [3.63, 3.8) is 0 Å².